The van der Waals surface area contributed by atoms with Gasteiger partial charge in [0.25, 0.3) is 0 Å². The van der Waals surface area contributed by atoms with E-state index in [1.165, 1.54) is 5.56 Å². The molecule has 1 unspecified atom stereocenters. The lowest BCUT2D eigenvalue weighted by Crippen LogP contribution is -2.23. The maximum atomic E-state index is 6.29. The Balaban J connectivity index is 2.11. The molecule has 0 saturated carbocycles. The molecule has 0 aromatic heterocycles. The van der Waals surface area contributed by atoms with Crippen LogP contribution in [-0.4, -0.2) is 13.6 Å². The van der Waals surface area contributed by atoms with Crippen molar-refractivity contribution in [2.75, 3.05) is 13.6 Å². The third kappa shape index (κ3) is 5.30. The largest absolute Gasteiger partial charge is 0.319 e. The molecule has 0 aliphatic heterocycles. The highest BCUT2D eigenvalue weighted by Gasteiger charge is 2.12. The van der Waals surface area contributed by atoms with Gasteiger partial charge in [0.1, 0.15) is 0 Å². The maximum absolute atomic E-state index is 6.29. The van der Waals surface area contributed by atoms with Crippen LogP contribution in [0.5, 0.6) is 0 Å². The number of hydrogen-bond donors (Lipinski definition) is 1. The first-order chi connectivity index (χ1) is 10.1. The number of benzene rings is 2. The lowest BCUT2D eigenvalue weighted by atomic mass is 9.92. The van der Waals surface area contributed by atoms with Crippen molar-refractivity contribution in [3.8, 4) is 0 Å². The quantitative estimate of drug-likeness (QED) is 0.702. The summed E-state index contributed by atoms with van der Waals surface area (Å²) >= 11 is 15.8. The zero-order valence-corrected chi connectivity index (χ0v) is 15.0. The van der Waals surface area contributed by atoms with Crippen LogP contribution >= 0.6 is 39.1 Å². The molecule has 0 fully saturated rings. The Morgan fingerprint density at radius 2 is 1.90 bits per heavy atom. The standard InChI is InChI=1S/C17H18BrCl2N/c1-21-11-13(7-12-3-2-4-15(18)9-12)8-14-5-6-16(19)10-17(14)20/h2-6,9-10,13,21H,7-8,11H2,1H3. The molecule has 112 valence electrons. The Morgan fingerprint density at radius 3 is 2.57 bits per heavy atom. The second-order valence-corrected chi connectivity index (χ2v) is 6.96. The van der Waals surface area contributed by atoms with E-state index < -0.39 is 0 Å². The molecule has 0 aliphatic rings. The van der Waals surface area contributed by atoms with Crippen molar-refractivity contribution in [1.82, 2.24) is 5.32 Å². The molecule has 1 N–H and O–H groups in total. The van der Waals surface area contributed by atoms with E-state index in [4.69, 9.17) is 23.2 Å². The first kappa shape index (κ1) is 16.8. The molecule has 0 spiro atoms. The van der Waals surface area contributed by atoms with Crippen LogP contribution in [0.15, 0.2) is 46.9 Å². The lowest BCUT2D eigenvalue weighted by Gasteiger charge is -2.18. The molecule has 2 aromatic carbocycles. The van der Waals surface area contributed by atoms with Crippen molar-refractivity contribution < 1.29 is 0 Å². The van der Waals surface area contributed by atoms with Crippen LogP contribution in [0.4, 0.5) is 0 Å². The van der Waals surface area contributed by atoms with E-state index >= 15 is 0 Å². The van der Waals surface area contributed by atoms with Gasteiger partial charge in [0.15, 0.2) is 0 Å². The van der Waals surface area contributed by atoms with Crippen LogP contribution in [0, 0.1) is 5.92 Å². The Morgan fingerprint density at radius 1 is 1.10 bits per heavy atom. The molecule has 0 radical (unpaired) electrons. The summed E-state index contributed by atoms with van der Waals surface area (Å²) in [7, 11) is 1.98. The van der Waals surface area contributed by atoms with E-state index in [0.29, 0.717) is 10.9 Å². The molecule has 1 atom stereocenters. The van der Waals surface area contributed by atoms with Gasteiger partial charge in [-0.15, -0.1) is 0 Å². The van der Waals surface area contributed by atoms with Crippen molar-refractivity contribution in [2.45, 2.75) is 12.8 Å². The zero-order chi connectivity index (χ0) is 15.2. The summed E-state index contributed by atoms with van der Waals surface area (Å²) in [4.78, 5) is 0. The average molecular weight is 387 g/mol. The highest BCUT2D eigenvalue weighted by Crippen LogP contribution is 2.25. The third-order valence-electron chi connectivity index (χ3n) is 3.43. The average Bonchev–Trinajstić information content (AvgIpc) is 2.42. The molecule has 1 nitrogen and oxygen atoms in total. The second-order valence-electron chi connectivity index (χ2n) is 5.20. The molecule has 4 heteroatoms. The van der Waals surface area contributed by atoms with Gasteiger partial charge in [0.05, 0.1) is 0 Å². The molecule has 2 aromatic rings. The summed E-state index contributed by atoms with van der Waals surface area (Å²) in [6.07, 6.45) is 1.95. The summed E-state index contributed by atoms with van der Waals surface area (Å²) in [5, 5.41) is 4.70. The smallest absolute Gasteiger partial charge is 0.0452 e. The van der Waals surface area contributed by atoms with Gasteiger partial charge in [-0.25, -0.2) is 0 Å². The molecule has 21 heavy (non-hydrogen) atoms. The van der Waals surface area contributed by atoms with Crippen LogP contribution in [0.3, 0.4) is 0 Å². The number of halogens is 3. The van der Waals surface area contributed by atoms with Crippen molar-refractivity contribution in [2.24, 2.45) is 5.92 Å². The summed E-state index contributed by atoms with van der Waals surface area (Å²) < 4.78 is 1.12. The minimum absolute atomic E-state index is 0.489. The van der Waals surface area contributed by atoms with Gasteiger partial charge in [0.2, 0.25) is 0 Å². The first-order valence-corrected chi connectivity index (χ1v) is 8.46. The molecule has 0 heterocycles. The summed E-state index contributed by atoms with van der Waals surface area (Å²) in [6.45, 7) is 0.950. The molecular formula is C17H18BrCl2N. The number of hydrogen-bond acceptors (Lipinski definition) is 1. The Labute approximate surface area is 144 Å². The summed E-state index contributed by atoms with van der Waals surface area (Å²) in [6, 6.07) is 14.2. The fourth-order valence-corrected chi connectivity index (χ4v) is 3.43. The van der Waals surface area contributed by atoms with Gasteiger partial charge in [-0.2, -0.15) is 0 Å². The van der Waals surface area contributed by atoms with Crippen LogP contribution in [0.25, 0.3) is 0 Å². The summed E-state index contributed by atoms with van der Waals surface area (Å²) in [5.74, 6) is 0.489. The summed E-state index contributed by atoms with van der Waals surface area (Å²) in [5.41, 5.74) is 2.48. The molecular weight excluding hydrogens is 369 g/mol. The molecule has 0 amide bonds. The minimum Gasteiger partial charge on any atom is -0.319 e. The van der Waals surface area contributed by atoms with Gasteiger partial charge in [-0.05, 0) is 67.7 Å². The van der Waals surface area contributed by atoms with E-state index in [-0.39, 0.29) is 0 Å². The Hall–Kier alpha value is -0.540. The highest BCUT2D eigenvalue weighted by molar-refractivity contribution is 9.10. The fraction of sp³-hybridized carbons (Fsp3) is 0.294. The monoisotopic (exact) mass is 385 g/mol. The second kappa shape index (κ2) is 8.19. The minimum atomic E-state index is 0.489. The molecule has 0 bridgehead atoms. The lowest BCUT2D eigenvalue weighted by molar-refractivity contribution is 0.493. The topological polar surface area (TPSA) is 12.0 Å². The van der Waals surface area contributed by atoms with E-state index in [2.05, 4.69) is 39.4 Å². The fourth-order valence-electron chi connectivity index (χ4n) is 2.50. The van der Waals surface area contributed by atoms with E-state index in [1.807, 2.05) is 31.3 Å². The van der Waals surface area contributed by atoms with Crippen LogP contribution in [0.1, 0.15) is 11.1 Å². The maximum Gasteiger partial charge on any atom is 0.0452 e. The molecule has 0 saturated heterocycles. The van der Waals surface area contributed by atoms with Crippen molar-refractivity contribution in [1.29, 1.82) is 0 Å². The van der Waals surface area contributed by atoms with Crippen LogP contribution in [0.2, 0.25) is 10.0 Å². The predicted molar refractivity (Wildman–Crippen MR) is 95.4 cm³/mol. The van der Waals surface area contributed by atoms with Gasteiger partial charge < -0.3 is 5.32 Å². The van der Waals surface area contributed by atoms with Crippen molar-refractivity contribution in [3.63, 3.8) is 0 Å². The van der Waals surface area contributed by atoms with Crippen LogP contribution in [-0.2, 0) is 12.8 Å². The zero-order valence-electron chi connectivity index (χ0n) is 11.9. The van der Waals surface area contributed by atoms with Gasteiger partial charge in [-0.1, -0.05) is 57.3 Å². The van der Waals surface area contributed by atoms with Gasteiger partial charge in [-0.3, -0.25) is 0 Å². The predicted octanol–water partition coefficient (Wildman–Crippen LogP) is 5.38. The Kier molecular flexibility index (Phi) is 6.56. The van der Waals surface area contributed by atoms with Crippen molar-refractivity contribution >= 4 is 39.1 Å². The Bertz CT molecular complexity index is 601. The third-order valence-corrected chi connectivity index (χ3v) is 4.51. The molecule has 0 aliphatic carbocycles. The highest BCUT2D eigenvalue weighted by atomic mass is 79.9. The van der Waals surface area contributed by atoms with Gasteiger partial charge in [0, 0.05) is 14.5 Å². The normalized spacial score (nSPS) is 12.4. The van der Waals surface area contributed by atoms with E-state index in [0.717, 1.165) is 34.4 Å². The first-order valence-electron chi connectivity index (χ1n) is 6.91. The van der Waals surface area contributed by atoms with E-state index in [1.54, 1.807) is 0 Å². The van der Waals surface area contributed by atoms with Gasteiger partial charge >= 0.3 is 0 Å². The van der Waals surface area contributed by atoms with Crippen molar-refractivity contribution in [3.05, 3.63) is 68.1 Å². The number of nitrogens with one attached hydrogen (secondary N) is 1. The van der Waals surface area contributed by atoms with E-state index in [9.17, 15) is 0 Å². The SMILES string of the molecule is CNCC(Cc1cccc(Br)c1)Cc1ccc(Cl)cc1Cl. The molecule has 2 rings (SSSR count). The van der Waals surface area contributed by atoms with Crippen LogP contribution < -0.4 is 5.32 Å². The number of rotatable bonds is 6.